The van der Waals surface area contributed by atoms with Gasteiger partial charge in [0.1, 0.15) is 6.33 Å². The Bertz CT molecular complexity index is 943. The number of nitrogens with zero attached hydrogens (tertiary/aromatic N) is 5. The molecule has 28 heavy (non-hydrogen) atoms. The van der Waals surface area contributed by atoms with Crippen LogP contribution in [0.25, 0.3) is 0 Å². The van der Waals surface area contributed by atoms with Crippen LogP contribution in [0.15, 0.2) is 67.0 Å². The quantitative estimate of drug-likeness (QED) is 0.539. The molecule has 1 aliphatic rings. The monoisotopic (exact) mass is 376 g/mol. The zero-order valence-corrected chi connectivity index (χ0v) is 15.2. The minimum Gasteiger partial charge on any atom is -0.368 e. The van der Waals surface area contributed by atoms with Crippen molar-refractivity contribution in [2.24, 2.45) is 0 Å². The van der Waals surface area contributed by atoms with Gasteiger partial charge in [-0.1, -0.05) is 36.4 Å². The normalized spacial score (nSPS) is 14.0. The average molecular weight is 376 g/mol. The van der Waals surface area contributed by atoms with E-state index in [4.69, 9.17) is 0 Å². The summed E-state index contributed by atoms with van der Waals surface area (Å²) in [4.78, 5) is 24.0. The van der Waals surface area contributed by atoms with Crippen molar-refractivity contribution in [1.82, 2.24) is 9.97 Å². The van der Waals surface area contributed by atoms with Gasteiger partial charge >= 0.3 is 5.69 Å². The molecule has 0 radical (unpaired) electrons. The van der Waals surface area contributed by atoms with Crippen LogP contribution in [-0.2, 0) is 0 Å². The van der Waals surface area contributed by atoms with Crippen molar-refractivity contribution in [3.8, 4) is 0 Å². The van der Waals surface area contributed by atoms with Gasteiger partial charge in [0.05, 0.1) is 4.92 Å². The number of para-hydroxylation sites is 2. The Hall–Kier alpha value is -3.68. The lowest BCUT2D eigenvalue weighted by atomic mass is 10.2. The van der Waals surface area contributed by atoms with Crippen LogP contribution in [0.5, 0.6) is 0 Å². The van der Waals surface area contributed by atoms with Gasteiger partial charge in [-0.3, -0.25) is 10.1 Å². The third-order valence-corrected chi connectivity index (χ3v) is 4.72. The summed E-state index contributed by atoms with van der Waals surface area (Å²) in [7, 11) is 0. The van der Waals surface area contributed by atoms with Crippen LogP contribution in [0.4, 0.5) is 28.7 Å². The molecule has 1 N–H and O–H groups in total. The largest absolute Gasteiger partial charge is 0.368 e. The van der Waals surface area contributed by atoms with Crippen molar-refractivity contribution in [3.05, 3.63) is 77.1 Å². The molecule has 0 amide bonds. The first-order chi connectivity index (χ1) is 13.7. The van der Waals surface area contributed by atoms with Crippen molar-refractivity contribution in [1.29, 1.82) is 0 Å². The summed E-state index contributed by atoms with van der Waals surface area (Å²) in [5.74, 6) is 0.554. The van der Waals surface area contributed by atoms with Crippen molar-refractivity contribution in [2.45, 2.75) is 0 Å². The highest BCUT2D eigenvalue weighted by Gasteiger charge is 2.29. The fraction of sp³-hybridized carbons (Fsp3) is 0.200. The molecular weight excluding hydrogens is 356 g/mol. The molecule has 0 saturated carbocycles. The van der Waals surface area contributed by atoms with E-state index in [1.165, 1.54) is 6.33 Å². The highest BCUT2D eigenvalue weighted by atomic mass is 16.6. The summed E-state index contributed by atoms with van der Waals surface area (Å²) in [6.07, 6.45) is 1.37. The highest BCUT2D eigenvalue weighted by molar-refractivity contribution is 5.74. The Morgan fingerprint density at radius 3 is 2.11 bits per heavy atom. The number of aromatic nitrogens is 2. The molecule has 0 atom stereocenters. The second-order valence-corrected chi connectivity index (χ2v) is 6.45. The minimum absolute atomic E-state index is 0.0977. The summed E-state index contributed by atoms with van der Waals surface area (Å²) in [6.45, 7) is 2.84. The Labute approximate surface area is 162 Å². The molecule has 3 aromatic rings. The van der Waals surface area contributed by atoms with Crippen LogP contribution in [-0.4, -0.2) is 41.1 Å². The first-order valence-corrected chi connectivity index (χ1v) is 9.09. The van der Waals surface area contributed by atoms with Crippen LogP contribution in [0.3, 0.4) is 0 Å². The zero-order valence-electron chi connectivity index (χ0n) is 15.2. The molecule has 2 heterocycles. The lowest BCUT2D eigenvalue weighted by Crippen LogP contribution is -2.47. The Morgan fingerprint density at radius 1 is 0.857 bits per heavy atom. The molecule has 0 spiro atoms. The SMILES string of the molecule is O=[N+]([O-])c1c(Nc2ccccc2)ncnc1N1CCN(c2ccccc2)CC1. The van der Waals surface area contributed by atoms with Crippen molar-refractivity contribution < 1.29 is 4.92 Å². The molecule has 2 aromatic carbocycles. The maximum Gasteiger partial charge on any atom is 0.353 e. The summed E-state index contributed by atoms with van der Waals surface area (Å²) in [5, 5.41) is 14.8. The van der Waals surface area contributed by atoms with E-state index in [9.17, 15) is 10.1 Å². The van der Waals surface area contributed by atoms with Gasteiger partial charge in [-0.05, 0) is 24.3 Å². The molecule has 0 bridgehead atoms. The van der Waals surface area contributed by atoms with Gasteiger partial charge in [-0.2, -0.15) is 0 Å². The zero-order chi connectivity index (χ0) is 19.3. The van der Waals surface area contributed by atoms with Crippen LogP contribution < -0.4 is 15.1 Å². The van der Waals surface area contributed by atoms with E-state index in [1.807, 2.05) is 53.4 Å². The predicted molar refractivity (Wildman–Crippen MR) is 109 cm³/mol. The van der Waals surface area contributed by atoms with Crippen molar-refractivity contribution in [3.63, 3.8) is 0 Å². The molecule has 142 valence electrons. The maximum atomic E-state index is 11.8. The van der Waals surface area contributed by atoms with E-state index < -0.39 is 4.92 Å². The molecule has 0 aliphatic carbocycles. The summed E-state index contributed by atoms with van der Waals surface area (Å²) in [6, 6.07) is 19.4. The molecular formula is C20H20N6O2. The summed E-state index contributed by atoms with van der Waals surface area (Å²) < 4.78 is 0. The smallest absolute Gasteiger partial charge is 0.353 e. The van der Waals surface area contributed by atoms with Crippen LogP contribution in [0.2, 0.25) is 0 Å². The van der Waals surface area contributed by atoms with Gasteiger partial charge in [-0.15, -0.1) is 0 Å². The fourth-order valence-electron chi connectivity index (χ4n) is 3.33. The fourth-order valence-corrected chi connectivity index (χ4v) is 3.33. The van der Waals surface area contributed by atoms with Crippen molar-refractivity contribution >= 4 is 28.7 Å². The third kappa shape index (κ3) is 3.71. The van der Waals surface area contributed by atoms with Gasteiger partial charge in [-0.25, -0.2) is 9.97 Å². The molecule has 8 nitrogen and oxygen atoms in total. The van der Waals surface area contributed by atoms with E-state index >= 15 is 0 Å². The number of benzene rings is 2. The second kappa shape index (κ2) is 7.91. The molecule has 0 unspecified atom stereocenters. The van der Waals surface area contributed by atoms with Crippen molar-refractivity contribution in [2.75, 3.05) is 41.3 Å². The summed E-state index contributed by atoms with van der Waals surface area (Å²) in [5.41, 5.74) is 1.80. The maximum absolute atomic E-state index is 11.8. The van der Waals surface area contributed by atoms with Gasteiger partial charge in [0, 0.05) is 37.6 Å². The highest BCUT2D eigenvalue weighted by Crippen LogP contribution is 2.34. The molecule has 8 heteroatoms. The first-order valence-electron chi connectivity index (χ1n) is 9.09. The number of hydrogen-bond donors (Lipinski definition) is 1. The number of nitrogens with one attached hydrogen (secondary N) is 1. The molecule has 1 aliphatic heterocycles. The summed E-state index contributed by atoms with van der Waals surface area (Å²) >= 11 is 0. The minimum atomic E-state index is -0.413. The van der Waals surface area contributed by atoms with Gasteiger partial charge in [0.15, 0.2) is 0 Å². The van der Waals surface area contributed by atoms with Crippen LogP contribution in [0.1, 0.15) is 0 Å². The Kier molecular flexibility index (Phi) is 5.01. The predicted octanol–water partition coefficient (Wildman–Crippen LogP) is 3.46. The molecule has 1 aromatic heterocycles. The number of piperazine rings is 1. The van der Waals surface area contributed by atoms with E-state index in [-0.39, 0.29) is 11.5 Å². The molecule has 1 fully saturated rings. The molecule has 4 rings (SSSR count). The van der Waals surface area contributed by atoms with E-state index in [0.29, 0.717) is 18.9 Å². The van der Waals surface area contributed by atoms with Gasteiger partial charge in [0.25, 0.3) is 0 Å². The number of hydrogen-bond acceptors (Lipinski definition) is 7. The number of anilines is 4. The topological polar surface area (TPSA) is 87.4 Å². The average Bonchev–Trinajstić information content (AvgIpc) is 2.75. The number of nitro groups is 1. The standard InChI is InChI=1S/C20H20N6O2/c27-26(28)18-19(23-16-7-3-1-4-8-16)21-15-22-20(18)25-13-11-24(12-14-25)17-9-5-2-6-10-17/h1-10,15H,11-14H2,(H,21,22,23). The van der Waals surface area contributed by atoms with E-state index in [1.54, 1.807) is 0 Å². The van der Waals surface area contributed by atoms with Crippen LogP contribution in [0, 0.1) is 10.1 Å². The molecule has 1 saturated heterocycles. The lowest BCUT2D eigenvalue weighted by molar-refractivity contribution is -0.383. The van der Waals surface area contributed by atoms with E-state index in [0.717, 1.165) is 24.5 Å². The van der Waals surface area contributed by atoms with Gasteiger partial charge in [0.2, 0.25) is 11.6 Å². The lowest BCUT2D eigenvalue weighted by Gasteiger charge is -2.36. The second-order valence-electron chi connectivity index (χ2n) is 6.45. The van der Waals surface area contributed by atoms with Gasteiger partial charge < -0.3 is 15.1 Å². The number of rotatable bonds is 5. The Balaban J connectivity index is 1.56. The third-order valence-electron chi connectivity index (χ3n) is 4.72. The van der Waals surface area contributed by atoms with Crippen LogP contribution >= 0.6 is 0 Å². The first kappa shape index (κ1) is 17.7. The van der Waals surface area contributed by atoms with E-state index in [2.05, 4.69) is 32.3 Å². The Morgan fingerprint density at radius 2 is 1.46 bits per heavy atom.